The van der Waals surface area contributed by atoms with Gasteiger partial charge in [0.25, 0.3) is 0 Å². The Balaban J connectivity index is 1.67. The Morgan fingerprint density at radius 2 is 2.20 bits per heavy atom. The molecular weight excluding hydrogens is 260 g/mol. The van der Waals surface area contributed by atoms with Crippen LogP contribution in [0.5, 0.6) is 0 Å². The van der Waals surface area contributed by atoms with Gasteiger partial charge in [-0.1, -0.05) is 6.92 Å². The van der Waals surface area contributed by atoms with Gasteiger partial charge in [0.2, 0.25) is 0 Å². The van der Waals surface area contributed by atoms with Gasteiger partial charge in [0.1, 0.15) is 5.60 Å². The van der Waals surface area contributed by atoms with E-state index in [4.69, 9.17) is 14.2 Å². The second-order valence-electron chi connectivity index (χ2n) is 6.27. The number of fused-ring (bicyclic) bond motifs is 5. The maximum Gasteiger partial charge on any atom is 0.344 e. The minimum absolute atomic E-state index is 0.259. The van der Waals surface area contributed by atoms with Crippen LogP contribution in [0.15, 0.2) is 0 Å². The van der Waals surface area contributed by atoms with Crippen LogP contribution >= 0.6 is 0 Å². The minimum Gasteiger partial charge on any atom is -0.456 e. The second kappa shape index (κ2) is 5.02. The maximum atomic E-state index is 11.9. The highest BCUT2D eigenvalue weighted by Gasteiger charge is 2.63. The van der Waals surface area contributed by atoms with E-state index in [0.29, 0.717) is 17.8 Å². The monoisotopic (exact) mass is 282 g/mol. The first-order valence-electron chi connectivity index (χ1n) is 7.52. The zero-order valence-corrected chi connectivity index (χ0v) is 12.1. The molecule has 3 rings (SSSR count). The van der Waals surface area contributed by atoms with Crippen LogP contribution < -0.4 is 0 Å². The van der Waals surface area contributed by atoms with Gasteiger partial charge in [-0.3, -0.25) is 4.79 Å². The van der Waals surface area contributed by atoms with Crippen molar-refractivity contribution in [1.82, 2.24) is 0 Å². The number of carbonyl (C=O) groups is 2. The summed E-state index contributed by atoms with van der Waals surface area (Å²) >= 11 is 0. The molecule has 0 aromatic rings. The minimum atomic E-state index is -0.459. The van der Waals surface area contributed by atoms with Crippen molar-refractivity contribution in [3.05, 3.63) is 0 Å². The summed E-state index contributed by atoms with van der Waals surface area (Å²) in [5.74, 6) is 0.691. The molecule has 0 spiro atoms. The largest absolute Gasteiger partial charge is 0.456 e. The number of rotatable bonds is 4. The SMILES string of the molecule is CCC1(OC(=O)COC(C)=O)CC2CC1C1OCCC21. The average Bonchev–Trinajstić information content (AvgIpc) is 3.07. The Hall–Kier alpha value is -1.10. The third-order valence-corrected chi connectivity index (χ3v) is 5.33. The molecule has 1 saturated heterocycles. The van der Waals surface area contributed by atoms with Crippen LogP contribution in [0.2, 0.25) is 0 Å². The van der Waals surface area contributed by atoms with Crippen LogP contribution in [0, 0.1) is 17.8 Å². The predicted molar refractivity (Wildman–Crippen MR) is 69.8 cm³/mol. The fourth-order valence-corrected chi connectivity index (χ4v) is 4.54. The number of carbonyl (C=O) groups excluding carboxylic acids is 2. The van der Waals surface area contributed by atoms with E-state index in [0.717, 1.165) is 32.3 Å². The van der Waals surface area contributed by atoms with Crippen molar-refractivity contribution in [1.29, 1.82) is 0 Å². The highest BCUT2D eigenvalue weighted by atomic mass is 16.6. The summed E-state index contributed by atoms with van der Waals surface area (Å²) in [6.07, 6.45) is 4.24. The molecule has 20 heavy (non-hydrogen) atoms. The molecule has 2 aliphatic carbocycles. The van der Waals surface area contributed by atoms with Crippen molar-refractivity contribution >= 4 is 11.9 Å². The number of ether oxygens (including phenoxy) is 3. The van der Waals surface area contributed by atoms with Crippen LogP contribution in [0.3, 0.4) is 0 Å². The van der Waals surface area contributed by atoms with Gasteiger partial charge in [0.05, 0.1) is 6.10 Å². The zero-order valence-electron chi connectivity index (χ0n) is 12.1. The van der Waals surface area contributed by atoms with Crippen molar-refractivity contribution in [2.24, 2.45) is 17.8 Å². The summed E-state index contributed by atoms with van der Waals surface area (Å²) in [7, 11) is 0. The molecule has 0 aromatic carbocycles. The first kappa shape index (κ1) is 13.9. The van der Waals surface area contributed by atoms with Gasteiger partial charge in [-0.05, 0) is 37.5 Å². The van der Waals surface area contributed by atoms with E-state index in [9.17, 15) is 9.59 Å². The molecule has 3 fully saturated rings. The van der Waals surface area contributed by atoms with Crippen LogP contribution in [0.25, 0.3) is 0 Å². The first-order chi connectivity index (χ1) is 9.55. The van der Waals surface area contributed by atoms with Crippen molar-refractivity contribution in [3.63, 3.8) is 0 Å². The summed E-state index contributed by atoms with van der Waals surface area (Å²) < 4.78 is 16.3. The third kappa shape index (κ3) is 2.12. The first-order valence-corrected chi connectivity index (χ1v) is 7.52. The zero-order chi connectivity index (χ0) is 14.3. The van der Waals surface area contributed by atoms with Gasteiger partial charge in [-0.2, -0.15) is 0 Å². The van der Waals surface area contributed by atoms with Gasteiger partial charge in [-0.15, -0.1) is 0 Å². The van der Waals surface area contributed by atoms with Crippen LogP contribution in [0.4, 0.5) is 0 Å². The molecule has 5 unspecified atom stereocenters. The maximum absolute atomic E-state index is 11.9. The van der Waals surface area contributed by atoms with E-state index in [-0.39, 0.29) is 12.7 Å². The molecule has 0 aromatic heterocycles. The van der Waals surface area contributed by atoms with Crippen molar-refractivity contribution in [2.75, 3.05) is 13.2 Å². The Kier molecular flexibility index (Phi) is 3.48. The van der Waals surface area contributed by atoms with E-state index in [1.807, 2.05) is 0 Å². The van der Waals surface area contributed by atoms with E-state index in [2.05, 4.69) is 6.92 Å². The van der Waals surface area contributed by atoms with E-state index in [1.165, 1.54) is 6.92 Å². The van der Waals surface area contributed by atoms with E-state index in [1.54, 1.807) is 0 Å². The molecule has 5 heteroatoms. The summed E-state index contributed by atoms with van der Waals surface area (Å²) in [5, 5.41) is 0. The number of hydrogen-bond donors (Lipinski definition) is 0. The third-order valence-electron chi connectivity index (χ3n) is 5.33. The summed E-state index contributed by atoms with van der Waals surface area (Å²) in [4.78, 5) is 22.7. The fraction of sp³-hybridized carbons (Fsp3) is 0.867. The molecule has 112 valence electrons. The highest BCUT2D eigenvalue weighted by Crippen LogP contribution is 2.60. The molecule has 0 radical (unpaired) electrons. The molecule has 1 heterocycles. The van der Waals surface area contributed by atoms with Crippen LogP contribution in [0.1, 0.15) is 39.5 Å². The lowest BCUT2D eigenvalue weighted by molar-refractivity contribution is -0.181. The van der Waals surface area contributed by atoms with E-state index < -0.39 is 17.5 Å². The van der Waals surface area contributed by atoms with Gasteiger partial charge in [0, 0.05) is 19.4 Å². The van der Waals surface area contributed by atoms with Gasteiger partial charge < -0.3 is 14.2 Å². The Morgan fingerprint density at radius 3 is 2.90 bits per heavy atom. The smallest absolute Gasteiger partial charge is 0.344 e. The van der Waals surface area contributed by atoms with E-state index >= 15 is 0 Å². The quantitative estimate of drug-likeness (QED) is 0.734. The lowest BCUT2D eigenvalue weighted by atomic mass is 9.75. The Morgan fingerprint density at radius 1 is 1.40 bits per heavy atom. The summed E-state index contributed by atoms with van der Waals surface area (Å²) in [5.41, 5.74) is -0.409. The molecule has 0 N–H and O–H groups in total. The predicted octanol–water partition coefficient (Wildman–Crippen LogP) is 1.69. The molecule has 1 aliphatic heterocycles. The lowest BCUT2D eigenvalue weighted by Gasteiger charge is -2.40. The lowest BCUT2D eigenvalue weighted by Crippen LogP contribution is -2.48. The number of hydrogen-bond acceptors (Lipinski definition) is 5. The summed E-state index contributed by atoms with van der Waals surface area (Å²) in [6.45, 7) is 3.90. The van der Waals surface area contributed by atoms with Crippen molar-refractivity contribution in [3.8, 4) is 0 Å². The Bertz CT molecular complexity index is 420. The Labute approximate surface area is 118 Å². The number of esters is 2. The van der Waals surface area contributed by atoms with Gasteiger partial charge >= 0.3 is 11.9 Å². The average molecular weight is 282 g/mol. The normalized spacial score (nSPS) is 41.5. The van der Waals surface area contributed by atoms with Gasteiger partial charge in [-0.25, -0.2) is 4.79 Å². The molecule has 5 atom stereocenters. The van der Waals surface area contributed by atoms with Crippen LogP contribution in [-0.2, 0) is 23.8 Å². The highest BCUT2D eigenvalue weighted by molar-refractivity contribution is 5.75. The molecule has 3 aliphatic rings. The molecule has 2 saturated carbocycles. The molecule has 2 bridgehead atoms. The fourth-order valence-electron chi connectivity index (χ4n) is 4.54. The molecular formula is C15H22O5. The molecule has 0 amide bonds. The topological polar surface area (TPSA) is 61.8 Å². The van der Waals surface area contributed by atoms with Crippen LogP contribution in [-0.4, -0.2) is 36.9 Å². The van der Waals surface area contributed by atoms with Crippen molar-refractivity contribution < 1.29 is 23.8 Å². The van der Waals surface area contributed by atoms with Gasteiger partial charge in [0.15, 0.2) is 6.61 Å². The second-order valence-corrected chi connectivity index (χ2v) is 6.27. The summed E-state index contributed by atoms with van der Waals surface area (Å²) in [6, 6.07) is 0. The van der Waals surface area contributed by atoms with Crippen molar-refractivity contribution in [2.45, 2.75) is 51.2 Å². The standard InChI is InChI=1S/C15H22O5/c1-3-15(20-13(17)8-19-9(2)16)7-10-6-12(15)14-11(10)4-5-18-14/h10-12,14H,3-8H2,1-2H3. The molecule has 5 nitrogen and oxygen atoms in total.